The van der Waals surface area contributed by atoms with Gasteiger partial charge in [-0.1, -0.05) is 12.1 Å². The van der Waals surface area contributed by atoms with Crippen molar-refractivity contribution in [3.63, 3.8) is 0 Å². The zero-order valence-electron chi connectivity index (χ0n) is 18.4. The molecular formula is C21H30N4O8S. The van der Waals surface area contributed by atoms with Crippen molar-refractivity contribution >= 4 is 21.8 Å². The van der Waals surface area contributed by atoms with Crippen LogP contribution in [0.1, 0.15) is 5.56 Å². The van der Waals surface area contributed by atoms with E-state index in [0.717, 1.165) is 45.1 Å². The number of hydrogen-bond acceptors (Lipinski definition) is 11. The maximum absolute atomic E-state index is 12.6. The van der Waals surface area contributed by atoms with E-state index in [1.807, 2.05) is 0 Å². The molecule has 6 N–H and O–H groups in total. The van der Waals surface area contributed by atoms with Crippen LogP contribution in [0.3, 0.4) is 0 Å². The zero-order valence-corrected chi connectivity index (χ0v) is 19.3. The predicted molar refractivity (Wildman–Crippen MR) is 122 cm³/mol. The average Bonchev–Trinajstić information content (AvgIpc) is 2.84. The van der Waals surface area contributed by atoms with E-state index in [-0.39, 0.29) is 0 Å². The molecule has 13 heteroatoms. The minimum Gasteiger partial charge on any atom is -0.388 e. The smallest absolute Gasteiger partial charge is 0.250 e. The third kappa shape index (κ3) is 6.95. The van der Waals surface area contributed by atoms with Crippen LogP contribution in [0.4, 0.5) is 5.69 Å². The summed E-state index contributed by atoms with van der Waals surface area (Å²) in [7, 11) is -4.28. The summed E-state index contributed by atoms with van der Waals surface area (Å²) in [6, 6.07) is 8.54. The number of ether oxygens (including phenoxy) is 2. The van der Waals surface area contributed by atoms with Gasteiger partial charge < -0.3 is 35.2 Å². The van der Waals surface area contributed by atoms with Gasteiger partial charge in [0.25, 0.3) is 10.0 Å². The van der Waals surface area contributed by atoms with E-state index >= 15 is 0 Å². The minimum atomic E-state index is -4.28. The number of benzene rings is 1. The van der Waals surface area contributed by atoms with Crippen molar-refractivity contribution in [3.05, 3.63) is 34.7 Å². The molecular weight excluding hydrogens is 468 g/mol. The standard InChI is InChI=1S/C21H30N4O8S/c22-12-16(34(30,31)24-13-17-18(26)19(27)20(28)21(29)33-17)11-14-1-3-15(4-2-14)23-5-6-25-7-9-32-10-8-25/h1-4,11,17-21,23-24,26-29H,5-10,13H2/b16-11+/t17-,18-,19+,20-,21?/m1/s1. The van der Waals surface area contributed by atoms with Crippen molar-refractivity contribution in [2.24, 2.45) is 0 Å². The molecule has 2 saturated heterocycles. The van der Waals surface area contributed by atoms with Crippen LogP contribution in [0.2, 0.25) is 0 Å². The van der Waals surface area contributed by atoms with Crippen LogP contribution in [-0.2, 0) is 19.5 Å². The molecule has 2 aliphatic heterocycles. The number of aliphatic hydroxyl groups is 4. The summed E-state index contributed by atoms with van der Waals surface area (Å²) in [5.74, 6) is 0. The number of nitriles is 1. The van der Waals surface area contributed by atoms with E-state index in [0.29, 0.717) is 5.56 Å². The molecule has 5 atom stereocenters. The summed E-state index contributed by atoms with van der Waals surface area (Å²) in [5.41, 5.74) is 1.34. The summed E-state index contributed by atoms with van der Waals surface area (Å²) in [5, 5.41) is 51.4. The molecule has 0 amide bonds. The molecule has 2 heterocycles. The van der Waals surface area contributed by atoms with Crippen molar-refractivity contribution in [1.82, 2.24) is 9.62 Å². The zero-order chi connectivity index (χ0) is 24.7. The number of morpholine rings is 1. The fourth-order valence-electron chi connectivity index (χ4n) is 3.57. The van der Waals surface area contributed by atoms with Gasteiger partial charge in [0.05, 0.1) is 13.2 Å². The van der Waals surface area contributed by atoms with E-state index in [2.05, 4.69) is 14.9 Å². The molecule has 0 saturated carbocycles. The van der Waals surface area contributed by atoms with Gasteiger partial charge in [-0.15, -0.1) is 0 Å². The van der Waals surface area contributed by atoms with E-state index in [4.69, 9.17) is 9.47 Å². The summed E-state index contributed by atoms with van der Waals surface area (Å²) < 4.78 is 37.5. The highest BCUT2D eigenvalue weighted by Gasteiger charge is 2.43. The van der Waals surface area contributed by atoms with Crippen LogP contribution in [0.15, 0.2) is 29.2 Å². The molecule has 3 rings (SSSR count). The molecule has 2 aliphatic rings. The van der Waals surface area contributed by atoms with Crippen LogP contribution in [-0.4, -0.2) is 110 Å². The number of hydrogen-bond donors (Lipinski definition) is 6. The van der Waals surface area contributed by atoms with Gasteiger partial charge in [0, 0.05) is 38.4 Å². The first-order valence-electron chi connectivity index (χ1n) is 10.8. The van der Waals surface area contributed by atoms with E-state index in [1.54, 1.807) is 30.3 Å². The van der Waals surface area contributed by atoms with E-state index in [1.165, 1.54) is 6.08 Å². The molecule has 1 aromatic carbocycles. The quantitative estimate of drug-likeness (QED) is 0.207. The lowest BCUT2D eigenvalue weighted by molar-refractivity contribution is -0.279. The van der Waals surface area contributed by atoms with Crippen molar-refractivity contribution in [2.75, 3.05) is 51.3 Å². The molecule has 0 aromatic heterocycles. The van der Waals surface area contributed by atoms with Crippen molar-refractivity contribution in [2.45, 2.75) is 30.7 Å². The van der Waals surface area contributed by atoms with Gasteiger partial charge in [-0.25, -0.2) is 13.1 Å². The fraction of sp³-hybridized carbons (Fsp3) is 0.571. The molecule has 0 spiro atoms. The third-order valence-corrected chi connectivity index (χ3v) is 6.97. The Morgan fingerprint density at radius 2 is 1.79 bits per heavy atom. The topological polar surface area (TPSA) is 185 Å². The molecule has 188 valence electrons. The van der Waals surface area contributed by atoms with Crippen molar-refractivity contribution in [1.29, 1.82) is 5.26 Å². The van der Waals surface area contributed by atoms with Gasteiger partial charge in [-0.2, -0.15) is 5.26 Å². The van der Waals surface area contributed by atoms with Crippen LogP contribution in [0.25, 0.3) is 6.08 Å². The summed E-state index contributed by atoms with van der Waals surface area (Å²) in [4.78, 5) is 1.73. The van der Waals surface area contributed by atoms with Crippen molar-refractivity contribution in [3.8, 4) is 6.07 Å². The van der Waals surface area contributed by atoms with E-state index < -0.39 is 52.2 Å². The molecule has 1 unspecified atom stereocenters. The molecule has 1 aromatic rings. The Bertz CT molecular complexity index is 975. The Morgan fingerprint density at radius 3 is 2.44 bits per heavy atom. The first-order chi connectivity index (χ1) is 16.2. The largest absolute Gasteiger partial charge is 0.388 e. The average molecular weight is 499 g/mol. The highest BCUT2D eigenvalue weighted by molar-refractivity contribution is 7.93. The number of allylic oxidation sites excluding steroid dienone is 1. The Labute approximate surface area is 198 Å². The SMILES string of the molecule is N#C/C(=C\c1ccc(NCCN2CCOCC2)cc1)S(=O)(=O)NC[C@H]1OC(O)[C@H](O)[C@@H](O)[C@@H]1O. The van der Waals surface area contributed by atoms with Gasteiger partial charge in [0.15, 0.2) is 11.2 Å². The van der Waals surface area contributed by atoms with Gasteiger partial charge in [0.2, 0.25) is 0 Å². The predicted octanol–water partition coefficient (Wildman–Crippen LogP) is -1.99. The molecule has 0 radical (unpaired) electrons. The van der Waals surface area contributed by atoms with Gasteiger partial charge in [0.1, 0.15) is 30.5 Å². The fourth-order valence-corrected chi connectivity index (χ4v) is 4.52. The number of aliphatic hydroxyl groups excluding tert-OH is 4. The lowest BCUT2D eigenvalue weighted by atomic mass is 9.99. The molecule has 0 bridgehead atoms. The lowest BCUT2D eigenvalue weighted by Crippen LogP contribution is -2.59. The highest BCUT2D eigenvalue weighted by atomic mass is 32.2. The second-order valence-corrected chi connectivity index (χ2v) is 9.75. The maximum Gasteiger partial charge on any atom is 0.250 e. The number of nitrogens with zero attached hydrogens (tertiary/aromatic N) is 2. The molecule has 34 heavy (non-hydrogen) atoms. The Kier molecular flexibility index (Phi) is 9.37. The first-order valence-corrected chi connectivity index (χ1v) is 12.3. The lowest BCUT2D eigenvalue weighted by Gasteiger charge is -2.38. The second-order valence-electron chi connectivity index (χ2n) is 8.01. The Morgan fingerprint density at radius 1 is 1.12 bits per heavy atom. The van der Waals surface area contributed by atoms with Crippen LogP contribution in [0.5, 0.6) is 0 Å². The normalized spacial score (nSPS) is 28.9. The summed E-state index contributed by atoms with van der Waals surface area (Å²) >= 11 is 0. The number of sulfonamides is 1. The van der Waals surface area contributed by atoms with Gasteiger partial charge >= 0.3 is 0 Å². The van der Waals surface area contributed by atoms with Crippen molar-refractivity contribution < 1.29 is 38.3 Å². The first kappa shape index (κ1) is 26.5. The summed E-state index contributed by atoms with van der Waals surface area (Å²) in [6.45, 7) is 4.37. The molecule has 12 nitrogen and oxygen atoms in total. The van der Waals surface area contributed by atoms with Gasteiger partial charge in [-0.3, -0.25) is 4.90 Å². The highest BCUT2D eigenvalue weighted by Crippen LogP contribution is 2.20. The molecule has 2 fully saturated rings. The van der Waals surface area contributed by atoms with Crippen LogP contribution < -0.4 is 10.0 Å². The maximum atomic E-state index is 12.6. The minimum absolute atomic E-state index is 0.489. The summed E-state index contributed by atoms with van der Waals surface area (Å²) in [6.07, 6.45) is -7.00. The van der Waals surface area contributed by atoms with E-state index in [9.17, 15) is 34.1 Å². The van der Waals surface area contributed by atoms with Crippen LogP contribution in [0, 0.1) is 11.3 Å². The van der Waals surface area contributed by atoms with Crippen LogP contribution >= 0.6 is 0 Å². The molecule has 0 aliphatic carbocycles. The third-order valence-electron chi connectivity index (χ3n) is 5.63. The van der Waals surface area contributed by atoms with Gasteiger partial charge in [-0.05, 0) is 23.8 Å². The second kappa shape index (κ2) is 12.0. The Balaban J connectivity index is 1.56. The monoisotopic (exact) mass is 498 g/mol. The number of anilines is 1. The number of nitrogens with one attached hydrogen (secondary N) is 2. The number of rotatable bonds is 9. The Hall–Kier alpha value is -2.12.